The van der Waals surface area contributed by atoms with Gasteiger partial charge >= 0.3 is 0 Å². The van der Waals surface area contributed by atoms with Gasteiger partial charge in [0.15, 0.2) is 15.8 Å². The number of likely N-dealkylation sites (N-methyl/N-ethyl adjacent to an activating group) is 1. The Morgan fingerprint density at radius 3 is 2.41 bits per heavy atom. The number of rotatable bonds is 7. The molecule has 0 aromatic heterocycles. The largest absolute Gasteiger partial charge is 0.357 e. The molecule has 0 amide bonds. The Kier molecular flexibility index (Phi) is 7.91. The van der Waals surface area contributed by atoms with Gasteiger partial charge in [-0.3, -0.25) is 4.90 Å². The van der Waals surface area contributed by atoms with E-state index in [-0.39, 0.29) is 17.5 Å². The van der Waals surface area contributed by atoms with Crippen LogP contribution in [-0.2, 0) is 22.9 Å². The third kappa shape index (κ3) is 6.69. The number of nitrogens with one attached hydrogen (secondary N) is 2. The van der Waals surface area contributed by atoms with Crippen LogP contribution in [0.4, 0.5) is 0 Å². The second kappa shape index (κ2) is 10.4. The van der Waals surface area contributed by atoms with E-state index in [9.17, 15) is 8.42 Å². The molecule has 1 atom stereocenters. The van der Waals surface area contributed by atoms with Gasteiger partial charge in [-0.15, -0.1) is 0 Å². The molecule has 0 aliphatic carbocycles. The minimum atomic E-state index is -2.91. The van der Waals surface area contributed by atoms with Crippen molar-refractivity contribution in [1.29, 1.82) is 0 Å². The SMILES string of the molecule is CCNC(=NCc1ccccc1CN1CCN(CC)CC1)NC1CCS(=O)(=O)C1. The minimum Gasteiger partial charge on any atom is -0.357 e. The van der Waals surface area contributed by atoms with Gasteiger partial charge in [0, 0.05) is 45.3 Å². The third-order valence-electron chi connectivity index (χ3n) is 5.75. The molecule has 2 heterocycles. The molecule has 7 nitrogen and oxygen atoms in total. The topological polar surface area (TPSA) is 77.0 Å². The van der Waals surface area contributed by atoms with Crippen LogP contribution in [0.2, 0.25) is 0 Å². The van der Waals surface area contributed by atoms with Crippen LogP contribution in [0.3, 0.4) is 0 Å². The van der Waals surface area contributed by atoms with Crippen molar-refractivity contribution < 1.29 is 8.42 Å². The van der Waals surface area contributed by atoms with Gasteiger partial charge in [0.1, 0.15) is 0 Å². The Bertz CT molecular complexity index is 788. The minimum absolute atomic E-state index is 0.0529. The average molecular weight is 422 g/mol. The summed E-state index contributed by atoms with van der Waals surface area (Å²) in [6, 6.07) is 8.44. The zero-order chi connectivity index (χ0) is 20.7. The van der Waals surface area contributed by atoms with E-state index in [4.69, 9.17) is 4.99 Å². The average Bonchev–Trinajstić information content (AvgIpc) is 3.06. The molecule has 162 valence electrons. The lowest BCUT2D eigenvalue weighted by Crippen LogP contribution is -2.45. The number of piperazine rings is 1. The second-order valence-corrected chi connectivity index (χ2v) is 10.1. The van der Waals surface area contributed by atoms with Crippen molar-refractivity contribution in [2.75, 3.05) is 50.8 Å². The molecule has 0 bridgehead atoms. The first-order valence-corrected chi connectivity index (χ1v) is 12.6. The summed E-state index contributed by atoms with van der Waals surface area (Å²) in [7, 11) is -2.91. The molecule has 2 saturated heterocycles. The van der Waals surface area contributed by atoms with E-state index in [1.807, 2.05) is 6.92 Å². The summed E-state index contributed by atoms with van der Waals surface area (Å²) in [6.45, 7) is 12.1. The molecule has 2 aliphatic rings. The van der Waals surface area contributed by atoms with Crippen LogP contribution in [0.1, 0.15) is 31.4 Å². The van der Waals surface area contributed by atoms with Crippen LogP contribution in [0.5, 0.6) is 0 Å². The molecule has 1 aromatic carbocycles. The van der Waals surface area contributed by atoms with Gasteiger partial charge in [0.25, 0.3) is 0 Å². The Morgan fingerprint density at radius 2 is 1.79 bits per heavy atom. The van der Waals surface area contributed by atoms with E-state index in [0.29, 0.717) is 18.9 Å². The van der Waals surface area contributed by atoms with Gasteiger partial charge < -0.3 is 15.5 Å². The summed E-state index contributed by atoms with van der Waals surface area (Å²) in [6.07, 6.45) is 0.646. The molecule has 1 aromatic rings. The maximum atomic E-state index is 11.7. The van der Waals surface area contributed by atoms with E-state index >= 15 is 0 Å². The quantitative estimate of drug-likeness (QED) is 0.507. The fourth-order valence-electron chi connectivity index (χ4n) is 3.96. The molecule has 3 rings (SSSR count). The number of sulfone groups is 1. The van der Waals surface area contributed by atoms with Gasteiger partial charge in [0.2, 0.25) is 0 Å². The molecule has 29 heavy (non-hydrogen) atoms. The Balaban J connectivity index is 1.62. The van der Waals surface area contributed by atoms with Crippen molar-refractivity contribution in [2.45, 2.75) is 39.4 Å². The van der Waals surface area contributed by atoms with Gasteiger partial charge in [0.05, 0.1) is 18.1 Å². The molecule has 0 saturated carbocycles. The first kappa shape index (κ1) is 22.1. The van der Waals surface area contributed by atoms with Crippen molar-refractivity contribution in [3.63, 3.8) is 0 Å². The lowest BCUT2D eigenvalue weighted by atomic mass is 10.1. The second-order valence-electron chi connectivity index (χ2n) is 7.92. The van der Waals surface area contributed by atoms with Gasteiger partial charge in [-0.25, -0.2) is 13.4 Å². The zero-order valence-electron chi connectivity index (χ0n) is 17.7. The highest BCUT2D eigenvalue weighted by atomic mass is 32.2. The van der Waals surface area contributed by atoms with Crippen molar-refractivity contribution >= 4 is 15.8 Å². The monoisotopic (exact) mass is 421 g/mol. The van der Waals surface area contributed by atoms with Gasteiger partial charge in [-0.2, -0.15) is 0 Å². The van der Waals surface area contributed by atoms with E-state index in [1.165, 1.54) is 11.1 Å². The number of nitrogens with zero attached hydrogens (tertiary/aromatic N) is 3. The van der Waals surface area contributed by atoms with E-state index < -0.39 is 9.84 Å². The van der Waals surface area contributed by atoms with Crippen LogP contribution in [0, 0.1) is 0 Å². The maximum absolute atomic E-state index is 11.7. The number of aliphatic imine (C=N–C) groups is 1. The summed E-state index contributed by atoms with van der Waals surface area (Å²) in [5.74, 6) is 1.15. The first-order chi connectivity index (χ1) is 14.0. The Morgan fingerprint density at radius 1 is 1.10 bits per heavy atom. The van der Waals surface area contributed by atoms with Crippen LogP contribution in [-0.4, -0.2) is 81.0 Å². The smallest absolute Gasteiger partial charge is 0.191 e. The molecule has 2 fully saturated rings. The summed E-state index contributed by atoms with van der Waals surface area (Å²) in [5, 5.41) is 6.55. The normalized spacial score (nSPS) is 23.2. The highest BCUT2D eigenvalue weighted by Gasteiger charge is 2.28. The highest BCUT2D eigenvalue weighted by molar-refractivity contribution is 7.91. The van der Waals surface area contributed by atoms with E-state index in [2.05, 4.69) is 51.6 Å². The number of guanidine groups is 1. The van der Waals surface area contributed by atoms with E-state index in [1.54, 1.807) is 0 Å². The van der Waals surface area contributed by atoms with Crippen molar-refractivity contribution in [3.05, 3.63) is 35.4 Å². The molecular formula is C21H35N5O2S. The summed E-state index contributed by atoms with van der Waals surface area (Å²) in [5.41, 5.74) is 2.54. The number of benzene rings is 1. The van der Waals surface area contributed by atoms with Crippen LogP contribution < -0.4 is 10.6 Å². The van der Waals surface area contributed by atoms with E-state index in [0.717, 1.165) is 45.8 Å². The van der Waals surface area contributed by atoms with Crippen molar-refractivity contribution in [2.24, 2.45) is 4.99 Å². The first-order valence-electron chi connectivity index (χ1n) is 10.8. The van der Waals surface area contributed by atoms with Crippen LogP contribution in [0.25, 0.3) is 0 Å². The molecular weight excluding hydrogens is 386 g/mol. The molecule has 2 N–H and O–H groups in total. The lowest BCUT2D eigenvalue weighted by Gasteiger charge is -2.34. The van der Waals surface area contributed by atoms with Crippen molar-refractivity contribution in [3.8, 4) is 0 Å². The van der Waals surface area contributed by atoms with Crippen LogP contribution in [0.15, 0.2) is 29.3 Å². The summed E-state index contributed by atoms with van der Waals surface area (Å²) in [4.78, 5) is 9.75. The van der Waals surface area contributed by atoms with Crippen molar-refractivity contribution in [1.82, 2.24) is 20.4 Å². The van der Waals surface area contributed by atoms with Gasteiger partial charge in [-0.1, -0.05) is 31.2 Å². The fourth-order valence-corrected chi connectivity index (χ4v) is 5.63. The lowest BCUT2D eigenvalue weighted by molar-refractivity contribution is 0.131. The predicted octanol–water partition coefficient (Wildman–Crippen LogP) is 1.07. The number of hydrogen-bond donors (Lipinski definition) is 2. The molecule has 2 aliphatic heterocycles. The molecule has 1 unspecified atom stereocenters. The standard InChI is InChI=1S/C21H35N5O2S/c1-3-22-21(24-20-9-14-29(27,28)17-20)23-15-18-7-5-6-8-19(18)16-26-12-10-25(4-2)11-13-26/h5-8,20H,3-4,9-17H2,1-2H3,(H2,22,23,24). The molecule has 0 spiro atoms. The number of hydrogen-bond acceptors (Lipinski definition) is 5. The summed E-state index contributed by atoms with van der Waals surface area (Å²) < 4.78 is 23.5. The maximum Gasteiger partial charge on any atom is 0.191 e. The fraction of sp³-hybridized carbons (Fsp3) is 0.667. The predicted molar refractivity (Wildman–Crippen MR) is 119 cm³/mol. The molecule has 0 radical (unpaired) electrons. The highest BCUT2D eigenvalue weighted by Crippen LogP contribution is 2.15. The Labute approximate surface area is 175 Å². The molecule has 8 heteroatoms. The summed E-state index contributed by atoms with van der Waals surface area (Å²) >= 11 is 0. The zero-order valence-corrected chi connectivity index (χ0v) is 18.5. The Hall–Kier alpha value is -1.64. The van der Waals surface area contributed by atoms with Crippen LogP contribution >= 0.6 is 0 Å². The van der Waals surface area contributed by atoms with Gasteiger partial charge in [-0.05, 0) is 31.0 Å². The third-order valence-corrected chi connectivity index (χ3v) is 7.52.